The van der Waals surface area contributed by atoms with Crippen LogP contribution in [-0.4, -0.2) is 18.6 Å². The van der Waals surface area contributed by atoms with E-state index in [2.05, 4.69) is 16.4 Å². The van der Waals surface area contributed by atoms with E-state index in [0.29, 0.717) is 6.04 Å². The largest absolute Gasteiger partial charge is 0.482 e. The molecule has 0 amide bonds. The molecule has 0 radical (unpaired) electrons. The fraction of sp³-hybridized carbons (Fsp3) is 0.556. The standard InChI is InChI=1S/C9H14N2O/c1-12-9-5-7(6-11-9)8-3-2-4-10-8/h5-6,8,10-11H,2-4H2,1H3. The van der Waals surface area contributed by atoms with Gasteiger partial charge in [-0.3, -0.25) is 0 Å². The van der Waals surface area contributed by atoms with Gasteiger partial charge in [-0.2, -0.15) is 0 Å². The Morgan fingerprint density at radius 2 is 2.50 bits per heavy atom. The maximum Gasteiger partial charge on any atom is 0.190 e. The Morgan fingerprint density at radius 3 is 3.08 bits per heavy atom. The van der Waals surface area contributed by atoms with Crippen LogP contribution in [0.1, 0.15) is 24.4 Å². The number of nitrogens with one attached hydrogen (secondary N) is 2. The molecule has 3 heteroatoms. The Bertz CT molecular complexity index is 251. The van der Waals surface area contributed by atoms with E-state index >= 15 is 0 Å². The second-order valence-corrected chi connectivity index (χ2v) is 3.15. The van der Waals surface area contributed by atoms with Crippen LogP contribution in [0.25, 0.3) is 0 Å². The zero-order chi connectivity index (χ0) is 8.39. The van der Waals surface area contributed by atoms with Crippen LogP contribution in [0.2, 0.25) is 0 Å². The Balaban J connectivity index is 2.11. The summed E-state index contributed by atoms with van der Waals surface area (Å²) in [4.78, 5) is 3.07. The first-order valence-corrected chi connectivity index (χ1v) is 4.36. The molecule has 0 saturated carbocycles. The van der Waals surface area contributed by atoms with E-state index < -0.39 is 0 Å². The predicted octanol–water partition coefficient (Wildman–Crippen LogP) is 1.45. The van der Waals surface area contributed by atoms with Gasteiger partial charge in [0.25, 0.3) is 0 Å². The van der Waals surface area contributed by atoms with Gasteiger partial charge in [0.1, 0.15) is 0 Å². The molecule has 2 N–H and O–H groups in total. The highest BCUT2D eigenvalue weighted by atomic mass is 16.5. The van der Waals surface area contributed by atoms with Crippen molar-refractivity contribution in [2.24, 2.45) is 0 Å². The highest BCUT2D eigenvalue weighted by Gasteiger charge is 2.17. The third-order valence-corrected chi connectivity index (χ3v) is 2.36. The molecule has 12 heavy (non-hydrogen) atoms. The van der Waals surface area contributed by atoms with Gasteiger partial charge in [-0.1, -0.05) is 0 Å². The second-order valence-electron chi connectivity index (χ2n) is 3.15. The third-order valence-electron chi connectivity index (χ3n) is 2.36. The maximum absolute atomic E-state index is 5.07. The molecule has 1 aromatic heterocycles. The summed E-state index contributed by atoms with van der Waals surface area (Å²) < 4.78 is 5.07. The highest BCUT2D eigenvalue weighted by molar-refractivity contribution is 5.24. The van der Waals surface area contributed by atoms with Crippen molar-refractivity contribution in [3.05, 3.63) is 17.8 Å². The van der Waals surface area contributed by atoms with Crippen LogP contribution in [-0.2, 0) is 0 Å². The molecule has 1 atom stereocenters. The van der Waals surface area contributed by atoms with Gasteiger partial charge >= 0.3 is 0 Å². The quantitative estimate of drug-likeness (QED) is 0.697. The van der Waals surface area contributed by atoms with Gasteiger partial charge in [0.05, 0.1) is 7.11 Å². The lowest BCUT2D eigenvalue weighted by Gasteiger charge is -2.05. The minimum absolute atomic E-state index is 0.533. The molecular formula is C9H14N2O. The smallest absolute Gasteiger partial charge is 0.190 e. The number of rotatable bonds is 2. The van der Waals surface area contributed by atoms with E-state index in [1.807, 2.05) is 6.20 Å². The predicted molar refractivity (Wildman–Crippen MR) is 47.3 cm³/mol. The highest BCUT2D eigenvalue weighted by Crippen LogP contribution is 2.25. The molecular weight excluding hydrogens is 152 g/mol. The number of methoxy groups -OCH3 is 1. The number of aromatic nitrogens is 1. The summed E-state index contributed by atoms with van der Waals surface area (Å²) in [6.07, 6.45) is 4.53. The summed E-state index contributed by atoms with van der Waals surface area (Å²) in [5.41, 5.74) is 1.31. The first kappa shape index (κ1) is 7.68. The van der Waals surface area contributed by atoms with Crippen LogP contribution in [0.4, 0.5) is 0 Å². The molecule has 1 saturated heterocycles. The van der Waals surface area contributed by atoms with Gasteiger partial charge in [0, 0.05) is 18.3 Å². The molecule has 2 rings (SSSR count). The van der Waals surface area contributed by atoms with Gasteiger partial charge in [-0.05, 0) is 24.9 Å². The van der Waals surface area contributed by atoms with Crippen molar-refractivity contribution in [3.63, 3.8) is 0 Å². The van der Waals surface area contributed by atoms with E-state index in [1.54, 1.807) is 7.11 Å². The fourth-order valence-electron chi connectivity index (χ4n) is 1.68. The minimum Gasteiger partial charge on any atom is -0.482 e. The number of hydrogen-bond acceptors (Lipinski definition) is 2. The zero-order valence-electron chi connectivity index (χ0n) is 7.26. The lowest BCUT2D eigenvalue weighted by molar-refractivity contribution is 0.400. The Kier molecular flexibility index (Phi) is 2.04. The molecule has 0 aromatic carbocycles. The van der Waals surface area contributed by atoms with Crippen molar-refractivity contribution in [1.29, 1.82) is 0 Å². The lowest BCUT2D eigenvalue weighted by atomic mass is 10.1. The van der Waals surface area contributed by atoms with Crippen LogP contribution in [0, 0.1) is 0 Å². The number of H-pyrrole nitrogens is 1. The normalized spacial score (nSPS) is 22.9. The van der Waals surface area contributed by atoms with E-state index in [0.717, 1.165) is 12.4 Å². The van der Waals surface area contributed by atoms with Crippen molar-refractivity contribution in [2.45, 2.75) is 18.9 Å². The lowest BCUT2D eigenvalue weighted by Crippen LogP contribution is -2.11. The summed E-state index contributed by atoms with van der Waals surface area (Å²) in [6, 6.07) is 2.59. The molecule has 1 fully saturated rings. The summed E-state index contributed by atoms with van der Waals surface area (Å²) in [6.45, 7) is 1.14. The Morgan fingerprint density at radius 1 is 1.58 bits per heavy atom. The van der Waals surface area contributed by atoms with Crippen LogP contribution >= 0.6 is 0 Å². The molecule has 1 aliphatic heterocycles. The van der Waals surface area contributed by atoms with Gasteiger partial charge in [-0.15, -0.1) is 0 Å². The summed E-state index contributed by atoms with van der Waals surface area (Å²) >= 11 is 0. The monoisotopic (exact) mass is 166 g/mol. The van der Waals surface area contributed by atoms with E-state index in [1.165, 1.54) is 18.4 Å². The summed E-state index contributed by atoms with van der Waals surface area (Å²) in [5.74, 6) is 0.846. The number of aromatic amines is 1. The number of ether oxygens (including phenoxy) is 1. The molecule has 0 aliphatic carbocycles. The van der Waals surface area contributed by atoms with Gasteiger partial charge < -0.3 is 15.0 Å². The van der Waals surface area contributed by atoms with Gasteiger partial charge in [0.2, 0.25) is 0 Å². The zero-order valence-corrected chi connectivity index (χ0v) is 7.26. The maximum atomic E-state index is 5.07. The van der Waals surface area contributed by atoms with Crippen molar-refractivity contribution in [3.8, 4) is 5.88 Å². The van der Waals surface area contributed by atoms with Gasteiger partial charge in [-0.25, -0.2) is 0 Å². The molecule has 1 aromatic rings. The molecule has 0 bridgehead atoms. The molecule has 1 aliphatic rings. The van der Waals surface area contributed by atoms with Crippen molar-refractivity contribution >= 4 is 0 Å². The van der Waals surface area contributed by atoms with E-state index in [-0.39, 0.29) is 0 Å². The average Bonchev–Trinajstić information content (AvgIpc) is 2.75. The van der Waals surface area contributed by atoms with Crippen molar-refractivity contribution in [2.75, 3.05) is 13.7 Å². The van der Waals surface area contributed by atoms with Crippen LogP contribution in [0.5, 0.6) is 5.88 Å². The SMILES string of the molecule is COc1cc(C2CCCN2)c[nH]1. The molecule has 3 nitrogen and oxygen atoms in total. The second kappa shape index (κ2) is 3.19. The average molecular weight is 166 g/mol. The van der Waals surface area contributed by atoms with Gasteiger partial charge in [0.15, 0.2) is 5.88 Å². The Hall–Kier alpha value is -0.960. The van der Waals surface area contributed by atoms with Crippen molar-refractivity contribution in [1.82, 2.24) is 10.3 Å². The number of hydrogen-bond donors (Lipinski definition) is 2. The van der Waals surface area contributed by atoms with Crippen molar-refractivity contribution < 1.29 is 4.74 Å². The first-order chi connectivity index (χ1) is 5.90. The topological polar surface area (TPSA) is 37.0 Å². The third kappa shape index (κ3) is 1.32. The fourth-order valence-corrected chi connectivity index (χ4v) is 1.68. The molecule has 0 spiro atoms. The molecule has 2 heterocycles. The molecule has 66 valence electrons. The van der Waals surface area contributed by atoms with E-state index in [9.17, 15) is 0 Å². The van der Waals surface area contributed by atoms with Crippen LogP contribution in [0.3, 0.4) is 0 Å². The first-order valence-electron chi connectivity index (χ1n) is 4.36. The van der Waals surface area contributed by atoms with Crippen LogP contribution in [0.15, 0.2) is 12.3 Å². The summed E-state index contributed by atoms with van der Waals surface area (Å²) in [7, 11) is 1.68. The minimum atomic E-state index is 0.533. The van der Waals surface area contributed by atoms with Crippen LogP contribution < -0.4 is 10.1 Å². The van der Waals surface area contributed by atoms with E-state index in [4.69, 9.17) is 4.74 Å². The summed E-state index contributed by atoms with van der Waals surface area (Å²) in [5, 5.41) is 3.43. The Labute approximate surface area is 72.1 Å². The molecule has 1 unspecified atom stereocenters.